The summed E-state index contributed by atoms with van der Waals surface area (Å²) in [6, 6.07) is 1.15. The quantitative estimate of drug-likeness (QED) is 0.885. The Morgan fingerprint density at radius 3 is 2.56 bits per heavy atom. The minimum Gasteiger partial charge on any atom is -0.493 e. The van der Waals surface area contributed by atoms with E-state index in [1.54, 1.807) is 0 Å². The van der Waals surface area contributed by atoms with E-state index in [1.165, 1.54) is 14.2 Å². The number of nitrogens with two attached hydrogens (primary N) is 1. The highest BCUT2D eigenvalue weighted by Gasteiger charge is 2.22. The summed E-state index contributed by atoms with van der Waals surface area (Å²) in [4.78, 5) is 0. The summed E-state index contributed by atoms with van der Waals surface area (Å²) >= 11 is 3.16. The van der Waals surface area contributed by atoms with E-state index >= 15 is 0 Å². The highest BCUT2D eigenvalue weighted by atomic mass is 79.9. The van der Waals surface area contributed by atoms with Gasteiger partial charge in [-0.05, 0) is 15.9 Å². The van der Waals surface area contributed by atoms with Crippen molar-refractivity contribution in [2.75, 3.05) is 20.8 Å². The van der Waals surface area contributed by atoms with Crippen LogP contribution in [0.2, 0.25) is 0 Å². The Morgan fingerprint density at radius 2 is 2.12 bits per heavy atom. The molecule has 0 fully saturated rings. The smallest absolute Gasteiger partial charge is 0.175 e. The van der Waals surface area contributed by atoms with Gasteiger partial charge in [0.15, 0.2) is 11.5 Å². The number of rotatable bonds is 4. The molecule has 4 nitrogen and oxygen atoms in total. The van der Waals surface area contributed by atoms with Gasteiger partial charge in [0.25, 0.3) is 0 Å². The van der Waals surface area contributed by atoms with Crippen LogP contribution < -0.4 is 15.2 Å². The molecule has 0 spiro atoms. The van der Waals surface area contributed by atoms with Crippen LogP contribution in [0.1, 0.15) is 11.7 Å². The number of ether oxygens (including phenoxy) is 2. The number of halogens is 2. The molecule has 1 unspecified atom stereocenters. The van der Waals surface area contributed by atoms with Gasteiger partial charge < -0.3 is 20.3 Å². The van der Waals surface area contributed by atoms with E-state index in [2.05, 4.69) is 15.9 Å². The molecule has 3 N–H and O–H groups in total. The van der Waals surface area contributed by atoms with Crippen LogP contribution in [0.4, 0.5) is 4.39 Å². The molecule has 0 amide bonds. The molecule has 0 saturated heterocycles. The van der Waals surface area contributed by atoms with Crippen molar-refractivity contribution < 1.29 is 19.0 Å². The summed E-state index contributed by atoms with van der Waals surface area (Å²) in [6.07, 6.45) is -1.09. The topological polar surface area (TPSA) is 64.7 Å². The third kappa shape index (κ3) is 2.28. The fourth-order valence-corrected chi connectivity index (χ4v) is 2.17. The lowest BCUT2D eigenvalue weighted by Crippen LogP contribution is -2.14. The first-order valence-corrected chi connectivity index (χ1v) is 5.34. The van der Waals surface area contributed by atoms with Crippen LogP contribution in [0.15, 0.2) is 10.5 Å². The van der Waals surface area contributed by atoms with Crippen LogP contribution in [-0.2, 0) is 0 Å². The Hall–Kier alpha value is -0.850. The van der Waals surface area contributed by atoms with Crippen LogP contribution in [0.25, 0.3) is 0 Å². The Morgan fingerprint density at radius 1 is 1.50 bits per heavy atom. The largest absolute Gasteiger partial charge is 0.493 e. The Labute approximate surface area is 101 Å². The van der Waals surface area contributed by atoms with Gasteiger partial charge in [-0.3, -0.25) is 0 Å². The average molecular weight is 294 g/mol. The number of aliphatic hydroxyl groups excluding tert-OH is 1. The van der Waals surface area contributed by atoms with E-state index in [0.717, 1.165) is 6.07 Å². The number of aliphatic hydroxyl groups is 1. The SMILES string of the molecule is COc1cc(F)c(C(O)CN)c(Br)c1OC. The van der Waals surface area contributed by atoms with Crippen molar-refractivity contribution in [2.24, 2.45) is 5.73 Å². The second-order valence-electron chi connectivity index (χ2n) is 3.07. The average Bonchev–Trinajstić information content (AvgIpc) is 2.27. The van der Waals surface area contributed by atoms with Crippen molar-refractivity contribution >= 4 is 15.9 Å². The standard InChI is InChI=1S/C10H13BrFNO3/c1-15-7-3-5(12)8(6(14)4-13)9(11)10(7)16-2/h3,6,14H,4,13H2,1-2H3. The molecule has 1 atom stereocenters. The Bertz CT molecular complexity index is 387. The molecule has 1 aromatic rings. The van der Waals surface area contributed by atoms with Gasteiger partial charge >= 0.3 is 0 Å². The Kier molecular flexibility index (Phi) is 4.52. The van der Waals surface area contributed by atoms with E-state index in [-0.39, 0.29) is 17.9 Å². The lowest BCUT2D eigenvalue weighted by atomic mass is 10.1. The van der Waals surface area contributed by atoms with Crippen LogP contribution in [-0.4, -0.2) is 25.9 Å². The third-order valence-corrected chi connectivity index (χ3v) is 2.94. The molecule has 0 aromatic heterocycles. The van der Waals surface area contributed by atoms with E-state index in [1.807, 2.05) is 0 Å². The lowest BCUT2D eigenvalue weighted by molar-refractivity contribution is 0.180. The van der Waals surface area contributed by atoms with Crippen LogP contribution >= 0.6 is 15.9 Å². The van der Waals surface area contributed by atoms with Crippen LogP contribution in [0, 0.1) is 5.82 Å². The number of benzene rings is 1. The molecule has 6 heteroatoms. The molecule has 0 saturated carbocycles. The second-order valence-corrected chi connectivity index (χ2v) is 3.87. The van der Waals surface area contributed by atoms with Gasteiger partial charge in [-0.25, -0.2) is 4.39 Å². The maximum Gasteiger partial charge on any atom is 0.175 e. The highest BCUT2D eigenvalue weighted by molar-refractivity contribution is 9.10. The second kappa shape index (κ2) is 5.47. The molecule has 0 bridgehead atoms. The van der Waals surface area contributed by atoms with Crippen molar-refractivity contribution in [3.8, 4) is 11.5 Å². The molecular weight excluding hydrogens is 281 g/mol. The molecule has 0 radical (unpaired) electrons. The molecule has 0 aliphatic carbocycles. The first kappa shape index (κ1) is 13.2. The van der Waals surface area contributed by atoms with Crippen LogP contribution in [0.5, 0.6) is 11.5 Å². The van der Waals surface area contributed by atoms with Gasteiger partial charge in [0.1, 0.15) is 5.82 Å². The molecule has 90 valence electrons. The normalized spacial score (nSPS) is 12.4. The maximum absolute atomic E-state index is 13.7. The summed E-state index contributed by atoms with van der Waals surface area (Å²) in [7, 11) is 2.84. The van der Waals surface area contributed by atoms with E-state index in [4.69, 9.17) is 15.2 Å². The fraction of sp³-hybridized carbons (Fsp3) is 0.400. The fourth-order valence-electron chi connectivity index (χ4n) is 1.36. The molecule has 1 rings (SSSR count). The number of hydrogen-bond acceptors (Lipinski definition) is 4. The van der Waals surface area contributed by atoms with Gasteiger partial charge in [0.2, 0.25) is 0 Å². The Balaban J connectivity index is 3.40. The van der Waals surface area contributed by atoms with E-state index in [9.17, 15) is 9.50 Å². The zero-order valence-corrected chi connectivity index (χ0v) is 10.5. The first-order valence-electron chi connectivity index (χ1n) is 4.54. The number of hydrogen-bond donors (Lipinski definition) is 2. The van der Waals surface area contributed by atoms with Gasteiger partial charge in [0.05, 0.1) is 24.8 Å². The third-order valence-electron chi connectivity index (χ3n) is 2.16. The monoisotopic (exact) mass is 293 g/mol. The van der Waals surface area contributed by atoms with Crippen molar-refractivity contribution in [3.05, 3.63) is 21.9 Å². The first-order chi connectivity index (χ1) is 7.56. The number of methoxy groups -OCH3 is 2. The summed E-state index contributed by atoms with van der Waals surface area (Å²) in [5.41, 5.74) is 5.36. The van der Waals surface area contributed by atoms with Crippen molar-refractivity contribution in [1.29, 1.82) is 0 Å². The van der Waals surface area contributed by atoms with Gasteiger partial charge in [0, 0.05) is 18.2 Å². The minimum absolute atomic E-state index is 0.0696. The molecule has 0 aliphatic rings. The predicted molar refractivity (Wildman–Crippen MR) is 61.2 cm³/mol. The molecule has 16 heavy (non-hydrogen) atoms. The van der Waals surface area contributed by atoms with Crippen molar-refractivity contribution in [2.45, 2.75) is 6.10 Å². The van der Waals surface area contributed by atoms with E-state index < -0.39 is 11.9 Å². The van der Waals surface area contributed by atoms with Crippen molar-refractivity contribution in [3.63, 3.8) is 0 Å². The summed E-state index contributed by atoms with van der Waals surface area (Å²) in [6.45, 7) is -0.0784. The lowest BCUT2D eigenvalue weighted by Gasteiger charge is -2.16. The summed E-state index contributed by atoms with van der Waals surface area (Å²) in [5, 5.41) is 9.58. The van der Waals surface area contributed by atoms with Crippen molar-refractivity contribution in [1.82, 2.24) is 0 Å². The molecule has 0 heterocycles. The minimum atomic E-state index is -1.09. The highest BCUT2D eigenvalue weighted by Crippen LogP contribution is 2.41. The zero-order valence-electron chi connectivity index (χ0n) is 8.96. The molecular formula is C10H13BrFNO3. The van der Waals surface area contributed by atoms with Gasteiger partial charge in [-0.2, -0.15) is 0 Å². The maximum atomic E-state index is 13.7. The zero-order chi connectivity index (χ0) is 12.3. The summed E-state index contributed by atoms with van der Waals surface area (Å²) < 4.78 is 24.0. The van der Waals surface area contributed by atoms with Gasteiger partial charge in [-0.1, -0.05) is 0 Å². The molecule has 1 aromatic carbocycles. The van der Waals surface area contributed by atoms with E-state index in [0.29, 0.717) is 10.2 Å². The predicted octanol–water partition coefficient (Wildman–Crippen LogP) is 1.60. The van der Waals surface area contributed by atoms with Gasteiger partial charge in [-0.15, -0.1) is 0 Å². The molecule has 0 aliphatic heterocycles. The van der Waals surface area contributed by atoms with Crippen LogP contribution in [0.3, 0.4) is 0 Å². The summed E-state index contributed by atoms with van der Waals surface area (Å²) in [5.74, 6) is -0.0197.